The first kappa shape index (κ1) is 14.9. The highest BCUT2D eigenvalue weighted by Crippen LogP contribution is 2.34. The molecule has 0 aliphatic rings. The predicted molar refractivity (Wildman–Crippen MR) is 101 cm³/mol. The minimum Gasteiger partial charge on any atom is -0.237 e. The summed E-state index contributed by atoms with van der Waals surface area (Å²) in [5, 5.41) is 2.66. The summed E-state index contributed by atoms with van der Waals surface area (Å²) in [6.45, 7) is 8.74. The van der Waals surface area contributed by atoms with E-state index in [1.165, 1.54) is 49.9 Å². The lowest BCUT2D eigenvalue weighted by Gasteiger charge is -2.07. The fourth-order valence-corrected chi connectivity index (χ4v) is 3.61. The molecule has 0 spiro atoms. The van der Waals surface area contributed by atoms with Crippen molar-refractivity contribution >= 4 is 21.8 Å². The molecule has 4 aromatic rings. The van der Waals surface area contributed by atoms with Crippen LogP contribution in [0.1, 0.15) is 22.3 Å². The van der Waals surface area contributed by atoms with Crippen LogP contribution in [0.25, 0.3) is 27.6 Å². The number of pyridine rings is 1. The van der Waals surface area contributed by atoms with Crippen LogP contribution in [0.5, 0.6) is 0 Å². The first-order chi connectivity index (χ1) is 11.5. The Morgan fingerprint density at radius 1 is 0.792 bits per heavy atom. The van der Waals surface area contributed by atoms with Crippen LogP contribution in [-0.4, -0.2) is 4.57 Å². The first-order valence-electron chi connectivity index (χ1n) is 8.45. The van der Waals surface area contributed by atoms with Gasteiger partial charge in [-0.15, -0.1) is 0 Å². The van der Waals surface area contributed by atoms with Crippen molar-refractivity contribution in [2.24, 2.45) is 7.05 Å². The van der Waals surface area contributed by atoms with Crippen molar-refractivity contribution < 1.29 is 4.57 Å². The number of hydrogen-bond donors (Lipinski definition) is 0. The van der Waals surface area contributed by atoms with Gasteiger partial charge < -0.3 is 0 Å². The Morgan fingerprint density at radius 2 is 1.54 bits per heavy atom. The highest BCUT2D eigenvalue weighted by atomic mass is 15.1. The first-order valence-corrected chi connectivity index (χ1v) is 8.45. The largest absolute Gasteiger partial charge is 0.286 e. The van der Waals surface area contributed by atoms with E-state index in [0.717, 1.165) is 0 Å². The molecule has 2 nitrogen and oxygen atoms in total. The van der Waals surface area contributed by atoms with Gasteiger partial charge in [0.25, 0.3) is 5.82 Å². The third-order valence-electron chi connectivity index (χ3n) is 5.12. The van der Waals surface area contributed by atoms with Gasteiger partial charge in [0.15, 0.2) is 0 Å². The van der Waals surface area contributed by atoms with E-state index in [1.807, 2.05) is 0 Å². The van der Waals surface area contributed by atoms with Gasteiger partial charge in [-0.3, -0.25) is 0 Å². The van der Waals surface area contributed by atoms with Crippen LogP contribution in [0.2, 0.25) is 0 Å². The molecule has 4 rings (SSSR count). The molecule has 2 aromatic carbocycles. The van der Waals surface area contributed by atoms with Crippen molar-refractivity contribution in [1.29, 1.82) is 0 Å². The van der Waals surface area contributed by atoms with Crippen molar-refractivity contribution in [2.45, 2.75) is 27.7 Å². The molecule has 0 unspecified atom stereocenters. The molecule has 0 bridgehead atoms. The second-order valence-corrected chi connectivity index (χ2v) is 6.93. The summed E-state index contributed by atoms with van der Waals surface area (Å²) < 4.78 is 4.62. The highest BCUT2D eigenvalue weighted by molar-refractivity contribution is 6.10. The fraction of sp³-hybridized carbons (Fsp3) is 0.227. The summed E-state index contributed by atoms with van der Waals surface area (Å²) in [4.78, 5) is 0. The number of fused-ring (bicyclic) bond motifs is 3. The van der Waals surface area contributed by atoms with Crippen LogP contribution >= 0.6 is 0 Å². The summed E-state index contributed by atoms with van der Waals surface area (Å²) in [7, 11) is 2.12. The minimum absolute atomic E-state index is 1.20. The van der Waals surface area contributed by atoms with Crippen LogP contribution < -0.4 is 4.57 Å². The second kappa shape index (κ2) is 5.20. The Kier molecular flexibility index (Phi) is 3.24. The van der Waals surface area contributed by atoms with E-state index in [2.05, 4.69) is 92.5 Å². The molecule has 0 fully saturated rings. The maximum absolute atomic E-state index is 2.42. The second-order valence-electron chi connectivity index (χ2n) is 6.93. The van der Waals surface area contributed by atoms with Gasteiger partial charge in [0, 0.05) is 16.8 Å². The van der Waals surface area contributed by atoms with E-state index in [9.17, 15) is 0 Å². The van der Waals surface area contributed by atoms with E-state index in [0.29, 0.717) is 0 Å². The molecule has 2 heterocycles. The van der Waals surface area contributed by atoms with Gasteiger partial charge in [-0.05, 0) is 68.7 Å². The van der Waals surface area contributed by atoms with Crippen LogP contribution in [-0.2, 0) is 7.05 Å². The highest BCUT2D eigenvalue weighted by Gasteiger charge is 2.22. The zero-order valence-corrected chi connectivity index (χ0v) is 15.0. The Balaban J connectivity index is 2.28. The normalized spacial score (nSPS) is 11.5. The van der Waals surface area contributed by atoms with Crippen molar-refractivity contribution in [3.8, 4) is 5.82 Å². The SMILES string of the molecule is Cc1cc[n+](C)c(-n2c3ccc(C)cc3c3ccc(C)c(C)c32)c1. The van der Waals surface area contributed by atoms with E-state index < -0.39 is 0 Å². The summed E-state index contributed by atoms with van der Waals surface area (Å²) in [5.74, 6) is 1.20. The Hall–Kier alpha value is -2.61. The summed E-state index contributed by atoms with van der Waals surface area (Å²) in [6.07, 6.45) is 2.14. The summed E-state index contributed by atoms with van der Waals surface area (Å²) in [6, 6.07) is 15.7. The molecular weight excluding hydrogens is 292 g/mol. The van der Waals surface area contributed by atoms with Crippen LogP contribution in [0.3, 0.4) is 0 Å². The zero-order chi connectivity index (χ0) is 17.0. The minimum atomic E-state index is 1.20. The number of rotatable bonds is 1. The Bertz CT molecular complexity index is 1100. The Morgan fingerprint density at radius 3 is 2.33 bits per heavy atom. The number of hydrogen-bond acceptors (Lipinski definition) is 0. The summed E-state index contributed by atoms with van der Waals surface area (Å²) in [5.41, 5.74) is 7.84. The zero-order valence-electron chi connectivity index (χ0n) is 15.0. The van der Waals surface area contributed by atoms with Crippen LogP contribution in [0.15, 0.2) is 48.7 Å². The van der Waals surface area contributed by atoms with Crippen LogP contribution in [0.4, 0.5) is 0 Å². The lowest BCUT2D eigenvalue weighted by Crippen LogP contribution is -2.33. The van der Waals surface area contributed by atoms with E-state index in [1.54, 1.807) is 0 Å². The van der Waals surface area contributed by atoms with Crippen molar-refractivity contribution in [1.82, 2.24) is 4.57 Å². The number of aromatic nitrogens is 2. The van der Waals surface area contributed by atoms with Gasteiger partial charge in [-0.1, -0.05) is 17.7 Å². The van der Waals surface area contributed by atoms with E-state index >= 15 is 0 Å². The maximum Gasteiger partial charge on any atom is 0.286 e. The molecule has 2 aromatic heterocycles. The molecule has 2 heteroatoms. The molecule has 0 N–H and O–H groups in total. The molecular formula is C22H23N2+. The lowest BCUT2D eigenvalue weighted by molar-refractivity contribution is -0.665. The molecule has 0 radical (unpaired) electrons. The van der Waals surface area contributed by atoms with Crippen molar-refractivity contribution in [3.63, 3.8) is 0 Å². The number of benzene rings is 2. The van der Waals surface area contributed by atoms with Gasteiger partial charge >= 0.3 is 0 Å². The lowest BCUT2D eigenvalue weighted by atomic mass is 10.0. The van der Waals surface area contributed by atoms with Gasteiger partial charge in [-0.25, -0.2) is 4.57 Å². The van der Waals surface area contributed by atoms with Crippen LogP contribution in [0, 0.1) is 27.7 Å². The van der Waals surface area contributed by atoms with E-state index in [4.69, 9.17) is 0 Å². The van der Waals surface area contributed by atoms with Gasteiger partial charge in [0.1, 0.15) is 11.0 Å². The third-order valence-corrected chi connectivity index (χ3v) is 5.12. The molecule has 0 atom stereocenters. The molecule has 0 aliphatic heterocycles. The topological polar surface area (TPSA) is 8.81 Å². The van der Waals surface area contributed by atoms with Gasteiger partial charge in [0.2, 0.25) is 0 Å². The number of aryl methyl sites for hydroxylation is 5. The quantitative estimate of drug-likeness (QED) is 0.444. The third kappa shape index (κ3) is 2.06. The summed E-state index contributed by atoms with van der Waals surface area (Å²) >= 11 is 0. The fourth-order valence-electron chi connectivity index (χ4n) is 3.61. The smallest absolute Gasteiger partial charge is 0.237 e. The molecule has 0 amide bonds. The van der Waals surface area contributed by atoms with Gasteiger partial charge in [0.05, 0.1) is 13.2 Å². The number of nitrogens with zero attached hydrogens (tertiary/aromatic N) is 2. The molecule has 0 saturated heterocycles. The molecule has 24 heavy (non-hydrogen) atoms. The Labute approximate surface area is 143 Å². The van der Waals surface area contributed by atoms with Gasteiger partial charge in [-0.2, -0.15) is 4.57 Å². The monoisotopic (exact) mass is 315 g/mol. The maximum atomic E-state index is 2.42. The predicted octanol–water partition coefficient (Wildman–Crippen LogP) is 4.84. The standard InChI is InChI=1S/C22H23N2/c1-14-6-9-20-19(12-14)18-8-7-16(3)17(4)22(18)24(20)21-13-15(2)10-11-23(21)5/h6-13H,1-5H3/q+1. The van der Waals surface area contributed by atoms with Crippen molar-refractivity contribution in [2.75, 3.05) is 0 Å². The molecule has 120 valence electrons. The van der Waals surface area contributed by atoms with E-state index in [-0.39, 0.29) is 0 Å². The van der Waals surface area contributed by atoms with Crippen molar-refractivity contribution in [3.05, 3.63) is 70.9 Å². The average molecular weight is 315 g/mol. The molecule has 0 saturated carbocycles. The molecule has 0 aliphatic carbocycles. The average Bonchev–Trinajstić information content (AvgIpc) is 2.87.